The van der Waals surface area contributed by atoms with Gasteiger partial charge in [-0.3, -0.25) is 4.79 Å². The highest BCUT2D eigenvalue weighted by molar-refractivity contribution is 5.99. The van der Waals surface area contributed by atoms with Crippen molar-refractivity contribution < 1.29 is 14.6 Å². The topological polar surface area (TPSA) is 82.3 Å². The van der Waals surface area contributed by atoms with Crippen LogP contribution in [0.25, 0.3) is 0 Å². The number of benzene rings is 1. The maximum Gasteiger partial charge on any atom is 0.266 e. The minimum Gasteiger partial charge on any atom is -0.511 e. The van der Waals surface area contributed by atoms with Gasteiger partial charge in [0.1, 0.15) is 17.6 Å². The SMILES string of the molecule is CCCCOc1ccc([C@]2(C)CC(O)=C(C#N)C(=O)N2)cc1. The van der Waals surface area contributed by atoms with Crippen LogP contribution in [-0.4, -0.2) is 17.6 Å². The van der Waals surface area contributed by atoms with Gasteiger partial charge in [-0.25, -0.2) is 0 Å². The van der Waals surface area contributed by atoms with E-state index in [1.165, 1.54) is 0 Å². The molecule has 22 heavy (non-hydrogen) atoms. The van der Waals surface area contributed by atoms with E-state index in [9.17, 15) is 9.90 Å². The average Bonchev–Trinajstić information content (AvgIpc) is 2.47. The average molecular weight is 300 g/mol. The maximum atomic E-state index is 11.9. The highest BCUT2D eigenvalue weighted by Crippen LogP contribution is 2.33. The number of nitriles is 1. The third kappa shape index (κ3) is 3.22. The number of nitrogens with zero attached hydrogens (tertiary/aromatic N) is 1. The Morgan fingerprint density at radius 3 is 2.64 bits per heavy atom. The second kappa shape index (κ2) is 6.52. The number of aliphatic hydroxyl groups is 1. The van der Waals surface area contributed by atoms with Gasteiger partial charge in [0.05, 0.1) is 12.1 Å². The van der Waals surface area contributed by atoms with E-state index in [1.807, 2.05) is 31.2 Å². The summed E-state index contributed by atoms with van der Waals surface area (Å²) in [5, 5.41) is 21.6. The van der Waals surface area contributed by atoms with E-state index in [0.717, 1.165) is 24.2 Å². The van der Waals surface area contributed by atoms with E-state index < -0.39 is 11.4 Å². The monoisotopic (exact) mass is 300 g/mol. The molecule has 1 aromatic rings. The Balaban J connectivity index is 2.16. The Kier molecular flexibility index (Phi) is 4.71. The van der Waals surface area contributed by atoms with Crippen molar-refractivity contribution in [3.05, 3.63) is 41.2 Å². The van der Waals surface area contributed by atoms with Crippen molar-refractivity contribution in [2.75, 3.05) is 6.61 Å². The molecule has 0 radical (unpaired) electrons. The molecule has 0 saturated heterocycles. The summed E-state index contributed by atoms with van der Waals surface area (Å²) in [6, 6.07) is 9.16. The zero-order valence-corrected chi connectivity index (χ0v) is 12.8. The van der Waals surface area contributed by atoms with Gasteiger partial charge in [0, 0.05) is 6.42 Å². The van der Waals surface area contributed by atoms with Crippen LogP contribution in [-0.2, 0) is 10.3 Å². The molecule has 0 aliphatic carbocycles. The fraction of sp³-hybridized carbons (Fsp3) is 0.412. The van der Waals surface area contributed by atoms with Crippen LogP contribution < -0.4 is 10.1 Å². The van der Waals surface area contributed by atoms with Gasteiger partial charge in [-0.15, -0.1) is 0 Å². The van der Waals surface area contributed by atoms with E-state index in [2.05, 4.69) is 12.2 Å². The summed E-state index contributed by atoms with van der Waals surface area (Å²) in [5.74, 6) is 0.0643. The second-order valence-electron chi connectivity index (χ2n) is 5.62. The first-order chi connectivity index (χ1) is 10.5. The lowest BCUT2D eigenvalue weighted by molar-refractivity contribution is -0.120. The third-order valence-corrected chi connectivity index (χ3v) is 3.80. The molecule has 1 amide bonds. The Labute approximate surface area is 130 Å². The molecule has 0 bridgehead atoms. The van der Waals surface area contributed by atoms with Gasteiger partial charge in [-0.2, -0.15) is 5.26 Å². The molecule has 0 unspecified atom stereocenters. The zero-order valence-electron chi connectivity index (χ0n) is 12.8. The highest BCUT2D eigenvalue weighted by atomic mass is 16.5. The van der Waals surface area contributed by atoms with Crippen LogP contribution in [0.1, 0.15) is 38.7 Å². The predicted octanol–water partition coefficient (Wildman–Crippen LogP) is 2.94. The molecule has 5 heteroatoms. The normalized spacial score (nSPS) is 21.2. The Morgan fingerprint density at radius 2 is 2.09 bits per heavy atom. The number of unbranched alkanes of at least 4 members (excludes halogenated alkanes) is 1. The molecule has 1 aliphatic rings. The van der Waals surface area contributed by atoms with Crippen LogP contribution in [0.3, 0.4) is 0 Å². The summed E-state index contributed by atoms with van der Waals surface area (Å²) in [6.45, 7) is 4.61. The molecule has 1 heterocycles. The molecule has 1 atom stereocenters. The summed E-state index contributed by atoms with van der Waals surface area (Å²) >= 11 is 0. The van der Waals surface area contributed by atoms with Gasteiger partial charge in [0.2, 0.25) is 0 Å². The van der Waals surface area contributed by atoms with Crippen LogP contribution in [0.15, 0.2) is 35.6 Å². The Morgan fingerprint density at radius 1 is 1.41 bits per heavy atom. The molecule has 1 aromatic carbocycles. The summed E-state index contributed by atoms with van der Waals surface area (Å²) in [4.78, 5) is 11.9. The van der Waals surface area contributed by atoms with Gasteiger partial charge in [-0.05, 0) is 31.0 Å². The molecular weight excluding hydrogens is 280 g/mol. The van der Waals surface area contributed by atoms with Gasteiger partial charge in [0.15, 0.2) is 5.57 Å². The van der Waals surface area contributed by atoms with Crippen molar-refractivity contribution in [2.24, 2.45) is 0 Å². The van der Waals surface area contributed by atoms with Gasteiger partial charge >= 0.3 is 0 Å². The lowest BCUT2D eigenvalue weighted by Crippen LogP contribution is -2.47. The van der Waals surface area contributed by atoms with E-state index in [1.54, 1.807) is 6.07 Å². The smallest absolute Gasteiger partial charge is 0.266 e. The number of nitrogens with one attached hydrogen (secondary N) is 1. The number of aliphatic hydroxyl groups excluding tert-OH is 1. The molecule has 2 rings (SSSR count). The molecule has 1 aliphatic heterocycles. The van der Waals surface area contributed by atoms with E-state index >= 15 is 0 Å². The van der Waals surface area contributed by atoms with Crippen molar-refractivity contribution in [1.82, 2.24) is 5.32 Å². The molecule has 0 saturated carbocycles. The van der Waals surface area contributed by atoms with Crippen LogP contribution in [0.5, 0.6) is 5.75 Å². The van der Waals surface area contributed by atoms with E-state index in [-0.39, 0.29) is 17.8 Å². The standard InChI is InChI=1S/C17H20N2O3/c1-3-4-9-22-13-7-5-12(6-8-13)17(2)10-15(20)14(11-18)16(21)19-17/h5-8,20H,3-4,9-10H2,1-2H3,(H,19,21)/t17-/m0/s1. The van der Waals surface area contributed by atoms with E-state index in [0.29, 0.717) is 6.61 Å². The van der Waals surface area contributed by atoms with Gasteiger partial charge in [0.25, 0.3) is 5.91 Å². The zero-order chi connectivity index (χ0) is 16.2. The highest BCUT2D eigenvalue weighted by Gasteiger charge is 2.37. The molecule has 0 fully saturated rings. The maximum absolute atomic E-state index is 11.9. The third-order valence-electron chi connectivity index (χ3n) is 3.80. The van der Waals surface area contributed by atoms with Crippen LogP contribution in [0.2, 0.25) is 0 Å². The summed E-state index contributed by atoms with van der Waals surface area (Å²) in [5.41, 5.74) is -0.0899. The predicted molar refractivity (Wildman–Crippen MR) is 82.2 cm³/mol. The molecule has 116 valence electrons. The van der Waals surface area contributed by atoms with Crippen molar-refractivity contribution in [3.8, 4) is 11.8 Å². The number of carbonyl (C=O) groups is 1. The van der Waals surface area contributed by atoms with Crippen LogP contribution in [0, 0.1) is 11.3 Å². The fourth-order valence-corrected chi connectivity index (χ4v) is 2.45. The molecule has 0 spiro atoms. The molecule has 2 N–H and O–H groups in total. The van der Waals surface area contributed by atoms with Crippen molar-refractivity contribution in [2.45, 2.75) is 38.6 Å². The van der Waals surface area contributed by atoms with Gasteiger partial charge in [-0.1, -0.05) is 25.5 Å². The minimum atomic E-state index is -0.733. The number of hydrogen-bond donors (Lipinski definition) is 2. The number of rotatable bonds is 5. The first-order valence-corrected chi connectivity index (χ1v) is 7.38. The first kappa shape index (κ1) is 15.9. The Hall–Kier alpha value is -2.48. The number of amides is 1. The first-order valence-electron chi connectivity index (χ1n) is 7.38. The molecule has 5 nitrogen and oxygen atoms in total. The van der Waals surface area contributed by atoms with Crippen molar-refractivity contribution in [1.29, 1.82) is 5.26 Å². The lowest BCUT2D eigenvalue weighted by Gasteiger charge is -2.34. The fourth-order valence-electron chi connectivity index (χ4n) is 2.45. The quantitative estimate of drug-likeness (QED) is 0.819. The van der Waals surface area contributed by atoms with Crippen LogP contribution >= 0.6 is 0 Å². The van der Waals surface area contributed by atoms with Crippen LogP contribution in [0.4, 0.5) is 0 Å². The summed E-state index contributed by atoms with van der Waals surface area (Å²) in [6.07, 6.45) is 2.28. The van der Waals surface area contributed by atoms with Crippen molar-refractivity contribution in [3.63, 3.8) is 0 Å². The molecule has 0 aromatic heterocycles. The second-order valence-corrected chi connectivity index (χ2v) is 5.62. The minimum absolute atomic E-state index is 0.169. The molecular formula is C17H20N2O3. The lowest BCUT2D eigenvalue weighted by atomic mass is 9.84. The summed E-state index contributed by atoms with van der Waals surface area (Å²) < 4.78 is 5.61. The number of ether oxygens (including phenoxy) is 1. The summed E-state index contributed by atoms with van der Waals surface area (Å²) in [7, 11) is 0. The largest absolute Gasteiger partial charge is 0.511 e. The Bertz CT molecular complexity index is 628. The van der Waals surface area contributed by atoms with Crippen molar-refractivity contribution >= 4 is 5.91 Å². The van der Waals surface area contributed by atoms with Gasteiger partial charge < -0.3 is 15.2 Å². The number of hydrogen-bond acceptors (Lipinski definition) is 4. The number of carbonyl (C=O) groups excluding carboxylic acids is 1. The van der Waals surface area contributed by atoms with E-state index in [4.69, 9.17) is 10.00 Å².